The van der Waals surface area contributed by atoms with Crippen LogP contribution in [0.1, 0.15) is 15.9 Å². The van der Waals surface area contributed by atoms with Crippen LogP contribution in [0.15, 0.2) is 48.5 Å². The number of hydrogen-bond acceptors (Lipinski definition) is 2. The number of halogens is 1. The first-order valence-electron chi connectivity index (χ1n) is 5.95. The third-order valence-electron chi connectivity index (χ3n) is 2.97. The Balaban J connectivity index is 2.26. The van der Waals surface area contributed by atoms with E-state index in [1.165, 1.54) is 17.0 Å². The van der Waals surface area contributed by atoms with Crippen LogP contribution in [0.2, 0.25) is 0 Å². The zero-order valence-corrected chi connectivity index (χ0v) is 10.6. The van der Waals surface area contributed by atoms with E-state index in [0.29, 0.717) is 12.2 Å². The van der Waals surface area contributed by atoms with Crippen molar-refractivity contribution in [1.29, 1.82) is 0 Å². The van der Waals surface area contributed by atoms with Gasteiger partial charge in [-0.15, -0.1) is 0 Å². The van der Waals surface area contributed by atoms with E-state index in [0.717, 1.165) is 5.56 Å². The number of nitrogens with zero attached hydrogens (tertiary/aromatic N) is 1. The summed E-state index contributed by atoms with van der Waals surface area (Å²) in [5.41, 5.74) is 7.26. The lowest BCUT2D eigenvalue weighted by Gasteiger charge is -2.18. The summed E-state index contributed by atoms with van der Waals surface area (Å²) >= 11 is 0. The van der Waals surface area contributed by atoms with Crippen LogP contribution in [-0.2, 0) is 6.54 Å². The zero-order chi connectivity index (χ0) is 13.8. The molecule has 1 amide bonds. The average Bonchev–Trinajstić information content (AvgIpc) is 2.46. The topological polar surface area (TPSA) is 46.3 Å². The Labute approximate surface area is 111 Å². The van der Waals surface area contributed by atoms with Crippen molar-refractivity contribution < 1.29 is 9.18 Å². The van der Waals surface area contributed by atoms with Crippen molar-refractivity contribution in [3.05, 3.63) is 65.5 Å². The van der Waals surface area contributed by atoms with Gasteiger partial charge in [0.25, 0.3) is 5.91 Å². The Morgan fingerprint density at radius 2 is 1.79 bits per heavy atom. The minimum atomic E-state index is -0.516. The van der Waals surface area contributed by atoms with Crippen LogP contribution in [0.25, 0.3) is 0 Å². The van der Waals surface area contributed by atoms with Gasteiger partial charge in [0, 0.05) is 19.3 Å². The molecular formula is C15H15FN2O. The SMILES string of the molecule is CN(C(=O)c1ccccc1F)c1ccc(CN)cc1. The van der Waals surface area contributed by atoms with Gasteiger partial charge in [0.15, 0.2) is 0 Å². The molecule has 0 fully saturated rings. The van der Waals surface area contributed by atoms with Gasteiger partial charge >= 0.3 is 0 Å². The molecule has 0 aromatic heterocycles. The molecule has 19 heavy (non-hydrogen) atoms. The summed E-state index contributed by atoms with van der Waals surface area (Å²) in [5, 5.41) is 0. The maximum atomic E-state index is 13.6. The lowest BCUT2D eigenvalue weighted by Crippen LogP contribution is -2.27. The minimum absolute atomic E-state index is 0.0629. The molecule has 0 aliphatic rings. The number of amides is 1. The number of carbonyl (C=O) groups is 1. The number of hydrogen-bond donors (Lipinski definition) is 1. The zero-order valence-electron chi connectivity index (χ0n) is 10.6. The average molecular weight is 258 g/mol. The van der Waals surface area contributed by atoms with E-state index in [4.69, 9.17) is 5.73 Å². The maximum absolute atomic E-state index is 13.6. The van der Waals surface area contributed by atoms with Crippen molar-refractivity contribution in [2.75, 3.05) is 11.9 Å². The van der Waals surface area contributed by atoms with Crippen LogP contribution < -0.4 is 10.6 Å². The summed E-state index contributed by atoms with van der Waals surface area (Å²) in [4.78, 5) is 13.6. The lowest BCUT2D eigenvalue weighted by atomic mass is 10.1. The highest BCUT2D eigenvalue weighted by Gasteiger charge is 2.16. The third-order valence-corrected chi connectivity index (χ3v) is 2.97. The van der Waals surface area contributed by atoms with Crippen LogP contribution >= 0.6 is 0 Å². The van der Waals surface area contributed by atoms with E-state index in [-0.39, 0.29) is 11.5 Å². The lowest BCUT2D eigenvalue weighted by molar-refractivity contribution is 0.0989. The predicted molar refractivity (Wildman–Crippen MR) is 73.5 cm³/mol. The van der Waals surface area contributed by atoms with E-state index in [1.54, 1.807) is 31.3 Å². The molecule has 0 spiro atoms. The van der Waals surface area contributed by atoms with Gasteiger partial charge in [0.05, 0.1) is 5.56 Å². The molecule has 0 aliphatic heterocycles. The smallest absolute Gasteiger partial charge is 0.260 e. The highest BCUT2D eigenvalue weighted by molar-refractivity contribution is 6.05. The standard InChI is InChI=1S/C15H15FN2O/c1-18(12-8-6-11(10-17)7-9-12)15(19)13-4-2-3-5-14(13)16/h2-9H,10,17H2,1H3. The van der Waals surface area contributed by atoms with E-state index < -0.39 is 5.82 Å². The van der Waals surface area contributed by atoms with Crippen LogP contribution in [-0.4, -0.2) is 13.0 Å². The van der Waals surface area contributed by atoms with Gasteiger partial charge in [0.1, 0.15) is 5.82 Å². The van der Waals surface area contributed by atoms with E-state index >= 15 is 0 Å². The second-order valence-corrected chi connectivity index (χ2v) is 4.21. The van der Waals surface area contributed by atoms with Crippen molar-refractivity contribution >= 4 is 11.6 Å². The number of benzene rings is 2. The first-order chi connectivity index (χ1) is 9.13. The molecular weight excluding hydrogens is 243 g/mol. The molecule has 0 saturated carbocycles. The summed E-state index contributed by atoms with van der Waals surface area (Å²) in [5.74, 6) is -0.892. The van der Waals surface area contributed by atoms with Gasteiger partial charge in [-0.2, -0.15) is 0 Å². The molecule has 2 aromatic carbocycles. The molecule has 2 N–H and O–H groups in total. The minimum Gasteiger partial charge on any atom is -0.326 e. The Morgan fingerprint density at radius 1 is 1.16 bits per heavy atom. The third kappa shape index (κ3) is 2.80. The molecule has 0 bridgehead atoms. The number of carbonyl (C=O) groups excluding carboxylic acids is 1. The van der Waals surface area contributed by atoms with Crippen molar-refractivity contribution in [3.63, 3.8) is 0 Å². The number of nitrogens with two attached hydrogens (primary N) is 1. The quantitative estimate of drug-likeness (QED) is 0.919. The van der Waals surface area contributed by atoms with E-state index in [9.17, 15) is 9.18 Å². The molecule has 0 aliphatic carbocycles. The van der Waals surface area contributed by atoms with E-state index in [2.05, 4.69) is 0 Å². The molecule has 4 heteroatoms. The summed E-state index contributed by atoms with van der Waals surface area (Å²) in [6.45, 7) is 0.450. The van der Waals surface area contributed by atoms with Crippen LogP contribution in [0.3, 0.4) is 0 Å². The summed E-state index contributed by atoms with van der Waals surface area (Å²) < 4.78 is 13.6. The fourth-order valence-electron chi connectivity index (χ4n) is 1.79. The molecule has 98 valence electrons. The predicted octanol–water partition coefficient (Wildman–Crippen LogP) is 2.56. The normalized spacial score (nSPS) is 10.3. The van der Waals surface area contributed by atoms with Gasteiger partial charge < -0.3 is 10.6 Å². The Bertz CT molecular complexity index is 581. The van der Waals surface area contributed by atoms with Gasteiger partial charge in [-0.3, -0.25) is 4.79 Å². The second-order valence-electron chi connectivity index (χ2n) is 4.21. The van der Waals surface area contributed by atoms with Crippen LogP contribution in [0.4, 0.5) is 10.1 Å². The molecule has 0 saturated heterocycles. The molecule has 2 rings (SSSR count). The Kier molecular flexibility index (Phi) is 3.92. The molecule has 2 aromatic rings. The Hall–Kier alpha value is -2.20. The monoisotopic (exact) mass is 258 g/mol. The van der Waals surface area contributed by atoms with Gasteiger partial charge in [-0.1, -0.05) is 24.3 Å². The van der Waals surface area contributed by atoms with Gasteiger partial charge in [0.2, 0.25) is 0 Å². The highest BCUT2D eigenvalue weighted by atomic mass is 19.1. The summed E-state index contributed by atoms with van der Waals surface area (Å²) in [7, 11) is 1.62. The molecule has 3 nitrogen and oxygen atoms in total. The first kappa shape index (κ1) is 13.2. The van der Waals surface area contributed by atoms with Crippen LogP contribution in [0.5, 0.6) is 0 Å². The van der Waals surface area contributed by atoms with Crippen molar-refractivity contribution in [1.82, 2.24) is 0 Å². The van der Waals surface area contributed by atoms with Crippen LogP contribution in [0, 0.1) is 5.82 Å². The molecule has 0 radical (unpaired) electrons. The Morgan fingerprint density at radius 3 is 2.37 bits per heavy atom. The maximum Gasteiger partial charge on any atom is 0.260 e. The molecule has 0 atom stereocenters. The highest BCUT2D eigenvalue weighted by Crippen LogP contribution is 2.17. The van der Waals surface area contributed by atoms with Gasteiger partial charge in [-0.05, 0) is 29.8 Å². The number of rotatable bonds is 3. The van der Waals surface area contributed by atoms with Gasteiger partial charge in [-0.25, -0.2) is 4.39 Å². The largest absolute Gasteiger partial charge is 0.326 e. The van der Waals surface area contributed by atoms with Crippen molar-refractivity contribution in [2.45, 2.75) is 6.54 Å². The molecule has 0 heterocycles. The van der Waals surface area contributed by atoms with Crippen molar-refractivity contribution in [2.24, 2.45) is 5.73 Å². The second kappa shape index (κ2) is 5.63. The fraction of sp³-hybridized carbons (Fsp3) is 0.133. The van der Waals surface area contributed by atoms with Crippen molar-refractivity contribution in [3.8, 4) is 0 Å². The molecule has 0 unspecified atom stereocenters. The fourth-order valence-corrected chi connectivity index (χ4v) is 1.79. The van der Waals surface area contributed by atoms with E-state index in [1.807, 2.05) is 12.1 Å². The first-order valence-corrected chi connectivity index (χ1v) is 5.95. The summed E-state index contributed by atoms with van der Waals surface area (Å²) in [6, 6.07) is 13.2. The summed E-state index contributed by atoms with van der Waals surface area (Å²) in [6.07, 6.45) is 0. The number of anilines is 1.